The van der Waals surface area contributed by atoms with Gasteiger partial charge in [-0.15, -0.1) is 0 Å². The van der Waals surface area contributed by atoms with Gasteiger partial charge in [0.1, 0.15) is 30.2 Å². The van der Waals surface area contributed by atoms with Gasteiger partial charge in [-0.1, -0.05) is 27.7 Å². The van der Waals surface area contributed by atoms with E-state index in [2.05, 4.69) is 26.3 Å². The van der Waals surface area contributed by atoms with Crippen molar-refractivity contribution in [2.45, 2.75) is 90.5 Å². The second kappa shape index (κ2) is 17.9. The van der Waals surface area contributed by atoms with Crippen LogP contribution in [0.5, 0.6) is 0 Å². The third kappa shape index (κ3) is 14.9. The lowest BCUT2D eigenvalue weighted by molar-refractivity contribution is -0.134. The summed E-state index contributed by atoms with van der Waals surface area (Å²) < 4.78 is 0. The predicted molar refractivity (Wildman–Crippen MR) is 146 cm³/mol. The highest BCUT2D eigenvalue weighted by Crippen LogP contribution is 2.10. The number of aliphatic imine (C=N–C) groups is 1. The van der Waals surface area contributed by atoms with Crippen LogP contribution in [0.15, 0.2) is 4.99 Å². The fourth-order valence-corrected chi connectivity index (χ4v) is 3.51. The number of hydrogen-bond donors (Lipinski definition) is 9. The SMILES string of the molecule is CC(C)C[C@H](NC(=O)[C@H](C)NC(=O)[C@@H](N)CO)C(=O)N[C@@H](CC(C)C)C(=O)N[C@@H](CCCN=C(N)N)C(N)=O. The van der Waals surface area contributed by atoms with E-state index >= 15 is 0 Å². The van der Waals surface area contributed by atoms with Crippen LogP contribution in [0.4, 0.5) is 0 Å². The van der Waals surface area contributed by atoms with E-state index < -0.39 is 66.4 Å². The number of aliphatic hydroxyl groups is 1. The average Bonchev–Trinajstić information content (AvgIpc) is 2.83. The standard InChI is InChI=1S/C24H47N9O6/c1-12(2)9-17(32-20(36)14(5)30-21(37)15(25)11-34)23(39)33-18(10-13(3)4)22(38)31-16(19(26)35)7-6-8-29-24(27)28/h12-18,34H,6-11,25H2,1-5H3,(H2,26,35)(H,30,37)(H,31,38)(H,32,36)(H,33,39)(H4,27,28,29)/t14-,15-,16-,17-,18-/m0/s1. The van der Waals surface area contributed by atoms with Crippen molar-refractivity contribution >= 4 is 35.5 Å². The minimum absolute atomic E-state index is 0.000877. The number of nitrogens with zero attached hydrogens (tertiary/aromatic N) is 1. The first-order chi connectivity index (χ1) is 18.1. The first-order valence-corrected chi connectivity index (χ1v) is 13.0. The molecule has 0 aromatic carbocycles. The molecule has 0 rings (SSSR count). The summed E-state index contributed by atoms with van der Waals surface area (Å²) >= 11 is 0. The van der Waals surface area contributed by atoms with Gasteiger partial charge in [0.25, 0.3) is 0 Å². The van der Waals surface area contributed by atoms with E-state index in [-0.39, 0.29) is 43.6 Å². The zero-order valence-corrected chi connectivity index (χ0v) is 23.5. The molecule has 0 saturated carbocycles. The zero-order valence-electron chi connectivity index (χ0n) is 23.5. The minimum atomic E-state index is -1.19. The highest BCUT2D eigenvalue weighted by atomic mass is 16.3. The van der Waals surface area contributed by atoms with E-state index in [0.29, 0.717) is 6.42 Å². The summed E-state index contributed by atoms with van der Waals surface area (Å²) in [6.45, 7) is 8.50. The molecule has 5 atom stereocenters. The number of carbonyl (C=O) groups excluding carboxylic acids is 5. The third-order valence-corrected chi connectivity index (χ3v) is 5.57. The summed E-state index contributed by atoms with van der Waals surface area (Å²) in [5, 5.41) is 19.3. The lowest BCUT2D eigenvalue weighted by Crippen LogP contribution is -2.58. The van der Waals surface area contributed by atoms with Crippen molar-refractivity contribution in [2.75, 3.05) is 13.2 Å². The van der Waals surface area contributed by atoms with Gasteiger partial charge in [-0.3, -0.25) is 29.0 Å². The molecule has 39 heavy (non-hydrogen) atoms. The molecule has 15 heteroatoms. The Morgan fingerprint density at radius 3 is 1.59 bits per heavy atom. The van der Waals surface area contributed by atoms with Crippen LogP contribution in [0, 0.1) is 11.8 Å². The maximum absolute atomic E-state index is 13.2. The number of nitrogens with one attached hydrogen (secondary N) is 4. The molecule has 0 fully saturated rings. The Hall–Kier alpha value is -3.46. The molecule has 0 radical (unpaired) electrons. The molecule has 0 heterocycles. The normalized spacial score (nSPS) is 14.9. The van der Waals surface area contributed by atoms with Crippen molar-refractivity contribution in [1.82, 2.24) is 21.3 Å². The zero-order chi connectivity index (χ0) is 30.3. The largest absolute Gasteiger partial charge is 0.394 e. The number of nitrogens with two attached hydrogens (primary N) is 4. The van der Waals surface area contributed by atoms with Gasteiger partial charge in [0.05, 0.1) is 6.61 Å². The average molecular weight is 558 g/mol. The Balaban J connectivity index is 5.53. The summed E-state index contributed by atoms with van der Waals surface area (Å²) in [5.41, 5.74) is 21.5. The van der Waals surface area contributed by atoms with Gasteiger partial charge < -0.3 is 49.3 Å². The molecular weight excluding hydrogens is 510 g/mol. The Kier molecular flexibility index (Phi) is 16.3. The molecule has 0 aromatic heterocycles. The number of aliphatic hydroxyl groups excluding tert-OH is 1. The summed E-state index contributed by atoms with van der Waals surface area (Å²) in [6, 6.07) is -5.26. The molecule has 0 aromatic rings. The predicted octanol–water partition coefficient (Wildman–Crippen LogP) is -3.10. The number of amides is 5. The van der Waals surface area contributed by atoms with Crippen LogP contribution in [0.2, 0.25) is 0 Å². The lowest BCUT2D eigenvalue weighted by atomic mass is 9.99. The van der Waals surface area contributed by atoms with Crippen LogP contribution in [-0.2, 0) is 24.0 Å². The van der Waals surface area contributed by atoms with Crippen LogP contribution < -0.4 is 44.2 Å². The van der Waals surface area contributed by atoms with E-state index in [1.165, 1.54) is 6.92 Å². The molecule has 13 N–H and O–H groups in total. The second-order valence-electron chi connectivity index (χ2n) is 10.3. The third-order valence-electron chi connectivity index (χ3n) is 5.57. The molecular formula is C24H47N9O6. The maximum atomic E-state index is 13.2. The summed E-state index contributed by atoms with van der Waals surface area (Å²) in [5.74, 6) is -3.42. The van der Waals surface area contributed by atoms with E-state index in [1.54, 1.807) is 0 Å². The number of hydrogen-bond acceptors (Lipinski definition) is 8. The van der Waals surface area contributed by atoms with Crippen LogP contribution in [0.3, 0.4) is 0 Å². The van der Waals surface area contributed by atoms with Crippen molar-refractivity contribution in [2.24, 2.45) is 39.8 Å². The van der Waals surface area contributed by atoms with Gasteiger partial charge >= 0.3 is 0 Å². The monoisotopic (exact) mass is 557 g/mol. The fourth-order valence-electron chi connectivity index (χ4n) is 3.51. The Morgan fingerprint density at radius 1 is 0.718 bits per heavy atom. The molecule has 0 aliphatic rings. The molecule has 0 unspecified atom stereocenters. The summed E-state index contributed by atoms with van der Waals surface area (Å²) in [7, 11) is 0. The van der Waals surface area contributed by atoms with Crippen molar-refractivity contribution in [3.05, 3.63) is 0 Å². The fraction of sp³-hybridized carbons (Fsp3) is 0.750. The van der Waals surface area contributed by atoms with Gasteiger partial charge in [-0.25, -0.2) is 0 Å². The molecule has 0 aliphatic carbocycles. The quantitative estimate of drug-likeness (QED) is 0.0468. The van der Waals surface area contributed by atoms with Gasteiger partial charge in [0.15, 0.2) is 5.96 Å². The second-order valence-corrected chi connectivity index (χ2v) is 10.3. The van der Waals surface area contributed by atoms with Crippen LogP contribution >= 0.6 is 0 Å². The van der Waals surface area contributed by atoms with Gasteiger partial charge in [-0.05, 0) is 44.4 Å². The van der Waals surface area contributed by atoms with E-state index in [4.69, 9.17) is 28.0 Å². The van der Waals surface area contributed by atoms with Gasteiger partial charge in [0.2, 0.25) is 29.5 Å². The van der Waals surface area contributed by atoms with Gasteiger partial charge in [0, 0.05) is 6.54 Å². The number of guanidine groups is 1. The van der Waals surface area contributed by atoms with E-state index in [1.807, 2.05) is 27.7 Å². The minimum Gasteiger partial charge on any atom is -0.394 e. The first kappa shape index (κ1) is 35.5. The number of primary amides is 1. The number of carbonyl (C=O) groups is 5. The molecule has 0 saturated heterocycles. The van der Waals surface area contributed by atoms with E-state index in [9.17, 15) is 24.0 Å². The highest BCUT2D eigenvalue weighted by molar-refractivity contribution is 5.95. The van der Waals surface area contributed by atoms with E-state index in [0.717, 1.165) is 0 Å². The molecule has 5 amide bonds. The molecule has 0 spiro atoms. The van der Waals surface area contributed by atoms with Crippen LogP contribution in [0.25, 0.3) is 0 Å². The van der Waals surface area contributed by atoms with Crippen molar-refractivity contribution in [3.63, 3.8) is 0 Å². The van der Waals surface area contributed by atoms with Crippen molar-refractivity contribution in [3.8, 4) is 0 Å². The molecule has 15 nitrogen and oxygen atoms in total. The number of rotatable bonds is 18. The molecule has 224 valence electrons. The molecule has 0 aliphatic heterocycles. The smallest absolute Gasteiger partial charge is 0.243 e. The van der Waals surface area contributed by atoms with Crippen LogP contribution in [0.1, 0.15) is 60.3 Å². The Bertz CT molecular complexity index is 861. The maximum Gasteiger partial charge on any atom is 0.243 e. The Labute approximate surface area is 229 Å². The van der Waals surface area contributed by atoms with Crippen molar-refractivity contribution < 1.29 is 29.1 Å². The Morgan fingerprint density at radius 2 is 1.18 bits per heavy atom. The highest BCUT2D eigenvalue weighted by Gasteiger charge is 2.31. The molecule has 0 bridgehead atoms. The topological polar surface area (TPSA) is 270 Å². The summed E-state index contributed by atoms with van der Waals surface area (Å²) in [4.78, 5) is 66.7. The van der Waals surface area contributed by atoms with Gasteiger partial charge in [-0.2, -0.15) is 0 Å². The van der Waals surface area contributed by atoms with Crippen molar-refractivity contribution in [1.29, 1.82) is 0 Å². The summed E-state index contributed by atoms with van der Waals surface area (Å²) in [6.07, 6.45) is 1.08. The first-order valence-electron chi connectivity index (χ1n) is 13.0. The lowest BCUT2D eigenvalue weighted by Gasteiger charge is -2.27. The van der Waals surface area contributed by atoms with Crippen LogP contribution in [-0.4, -0.2) is 84.0 Å².